The van der Waals surface area contributed by atoms with Gasteiger partial charge >= 0.3 is 0 Å². The van der Waals surface area contributed by atoms with Crippen LogP contribution in [0.2, 0.25) is 0 Å². The van der Waals surface area contributed by atoms with Crippen LogP contribution in [0.25, 0.3) is 33.2 Å². The number of carbonyl (C=O) groups is 2. The number of piperazine rings is 1. The number of hydrogen-bond acceptors (Lipinski definition) is 8. The van der Waals surface area contributed by atoms with Gasteiger partial charge in [-0.1, -0.05) is 17.3 Å². The number of H-pyrrole nitrogens is 1. The molecule has 1 amide bonds. The van der Waals surface area contributed by atoms with E-state index in [-0.39, 0.29) is 16.8 Å². The molecule has 0 aliphatic carbocycles. The fourth-order valence-electron chi connectivity index (χ4n) is 4.48. The number of hydrogen-bond donors (Lipinski definition) is 1. The van der Waals surface area contributed by atoms with E-state index in [0.717, 1.165) is 23.1 Å². The largest absolute Gasteiger partial charge is 0.360 e. The fourth-order valence-corrected chi connectivity index (χ4v) is 4.48. The Kier molecular flexibility index (Phi) is 4.94. The van der Waals surface area contributed by atoms with Crippen molar-refractivity contribution < 1.29 is 18.5 Å². The molecule has 1 aliphatic heterocycles. The van der Waals surface area contributed by atoms with Crippen LogP contribution in [0, 0.1) is 5.82 Å². The van der Waals surface area contributed by atoms with Crippen LogP contribution in [0.3, 0.4) is 0 Å². The summed E-state index contributed by atoms with van der Waals surface area (Å²) in [4.78, 5) is 45.4. The molecule has 11 heteroatoms. The number of ketones is 1. The summed E-state index contributed by atoms with van der Waals surface area (Å²) in [5.41, 5.74) is 1.60. The minimum atomic E-state index is -0.777. The van der Waals surface area contributed by atoms with Crippen molar-refractivity contribution in [1.29, 1.82) is 0 Å². The molecular formula is C24H18FN7O3. The Morgan fingerprint density at radius 1 is 1.00 bits per heavy atom. The van der Waals surface area contributed by atoms with Crippen LogP contribution in [-0.4, -0.2) is 67.9 Å². The Hall–Kier alpha value is -4.67. The van der Waals surface area contributed by atoms with Gasteiger partial charge in [-0.2, -0.15) is 4.98 Å². The zero-order valence-electron chi connectivity index (χ0n) is 18.3. The van der Waals surface area contributed by atoms with Gasteiger partial charge in [0.15, 0.2) is 0 Å². The maximum Gasteiger partial charge on any atom is 0.295 e. The third-order valence-corrected chi connectivity index (χ3v) is 6.21. The van der Waals surface area contributed by atoms with Crippen molar-refractivity contribution in [3.8, 4) is 11.4 Å². The number of nitrogens with one attached hydrogen (secondary N) is 1. The molecule has 35 heavy (non-hydrogen) atoms. The van der Waals surface area contributed by atoms with Crippen LogP contribution in [0.4, 0.5) is 10.2 Å². The molecule has 0 spiro atoms. The first-order valence-corrected chi connectivity index (χ1v) is 11.0. The molecule has 0 unspecified atom stereocenters. The van der Waals surface area contributed by atoms with E-state index in [4.69, 9.17) is 4.52 Å². The van der Waals surface area contributed by atoms with Crippen LogP contribution in [0.15, 0.2) is 59.8 Å². The average Bonchev–Trinajstić information content (AvgIpc) is 3.59. The summed E-state index contributed by atoms with van der Waals surface area (Å²) < 4.78 is 19.5. The first kappa shape index (κ1) is 20.9. The number of nitrogens with zero attached hydrogens (tertiary/aromatic N) is 6. The van der Waals surface area contributed by atoms with E-state index in [1.807, 2.05) is 24.3 Å². The van der Waals surface area contributed by atoms with Gasteiger partial charge in [0.05, 0.1) is 16.6 Å². The molecule has 0 radical (unpaired) electrons. The van der Waals surface area contributed by atoms with Gasteiger partial charge in [-0.3, -0.25) is 9.59 Å². The third kappa shape index (κ3) is 3.48. The maximum atomic E-state index is 14.8. The molecule has 2 aromatic carbocycles. The van der Waals surface area contributed by atoms with E-state index in [1.54, 1.807) is 0 Å². The summed E-state index contributed by atoms with van der Waals surface area (Å²) in [5, 5.41) is 4.73. The predicted molar refractivity (Wildman–Crippen MR) is 124 cm³/mol. The van der Waals surface area contributed by atoms with Crippen molar-refractivity contribution in [2.24, 2.45) is 0 Å². The highest BCUT2D eigenvalue weighted by molar-refractivity contribution is 6.45. The lowest BCUT2D eigenvalue weighted by Crippen LogP contribution is -2.51. The van der Waals surface area contributed by atoms with Gasteiger partial charge < -0.3 is 19.3 Å². The maximum absolute atomic E-state index is 14.8. The lowest BCUT2D eigenvalue weighted by molar-refractivity contribution is -0.126. The molecule has 174 valence electrons. The molecule has 1 N–H and O–H groups in total. The molecule has 3 aromatic heterocycles. The van der Waals surface area contributed by atoms with Crippen molar-refractivity contribution in [3.63, 3.8) is 0 Å². The van der Waals surface area contributed by atoms with Crippen molar-refractivity contribution in [1.82, 2.24) is 30.0 Å². The van der Waals surface area contributed by atoms with Crippen LogP contribution in [0.1, 0.15) is 10.4 Å². The monoisotopic (exact) mass is 471 g/mol. The third-order valence-electron chi connectivity index (χ3n) is 6.21. The summed E-state index contributed by atoms with van der Waals surface area (Å²) in [6.45, 7) is 1.68. The number of amides is 1. The van der Waals surface area contributed by atoms with Gasteiger partial charge in [0.1, 0.15) is 18.0 Å². The number of anilines is 1. The van der Waals surface area contributed by atoms with Crippen LogP contribution in [0.5, 0.6) is 0 Å². The Morgan fingerprint density at radius 3 is 2.63 bits per heavy atom. The number of carbonyl (C=O) groups excluding carboxylic acids is 2. The summed E-state index contributed by atoms with van der Waals surface area (Å²) in [7, 11) is 0. The minimum Gasteiger partial charge on any atom is -0.360 e. The van der Waals surface area contributed by atoms with Gasteiger partial charge in [0, 0.05) is 48.7 Å². The number of aromatic amines is 1. The fraction of sp³-hybridized carbons (Fsp3) is 0.167. The first-order valence-electron chi connectivity index (χ1n) is 11.0. The number of rotatable bonds is 4. The molecule has 4 heterocycles. The molecule has 1 aliphatic rings. The molecule has 1 saturated heterocycles. The van der Waals surface area contributed by atoms with Gasteiger partial charge in [0.25, 0.3) is 11.7 Å². The molecule has 6 rings (SSSR count). The van der Waals surface area contributed by atoms with E-state index in [9.17, 15) is 14.0 Å². The molecule has 1 fully saturated rings. The zero-order chi connectivity index (χ0) is 23.9. The van der Waals surface area contributed by atoms with Gasteiger partial charge in [-0.25, -0.2) is 14.4 Å². The smallest absolute Gasteiger partial charge is 0.295 e. The Labute approximate surface area is 197 Å². The van der Waals surface area contributed by atoms with Crippen LogP contribution in [-0.2, 0) is 4.79 Å². The van der Waals surface area contributed by atoms with Crippen LogP contribution >= 0.6 is 0 Å². The Balaban J connectivity index is 1.23. The summed E-state index contributed by atoms with van der Waals surface area (Å²) in [5.74, 6) is -1.04. The number of Topliss-reactive ketones (excluding diaryl/α,β-unsaturated/α-hetero) is 1. The summed E-state index contributed by atoms with van der Waals surface area (Å²) in [6.07, 6.45) is 4.03. The number of fused-ring (bicyclic) bond motifs is 2. The highest BCUT2D eigenvalue weighted by Gasteiger charge is 2.30. The van der Waals surface area contributed by atoms with Crippen molar-refractivity contribution in [3.05, 3.63) is 66.7 Å². The van der Waals surface area contributed by atoms with E-state index < -0.39 is 17.5 Å². The van der Waals surface area contributed by atoms with Crippen molar-refractivity contribution in [2.45, 2.75) is 0 Å². The van der Waals surface area contributed by atoms with Crippen LogP contribution < -0.4 is 4.90 Å². The molecular weight excluding hydrogens is 453 g/mol. The summed E-state index contributed by atoms with van der Waals surface area (Å²) >= 11 is 0. The quantitative estimate of drug-likeness (QED) is 0.314. The second kappa shape index (κ2) is 8.28. The Morgan fingerprint density at radius 2 is 1.83 bits per heavy atom. The minimum absolute atomic E-state index is 0.0248. The molecule has 0 saturated carbocycles. The second-order valence-electron chi connectivity index (χ2n) is 8.12. The zero-order valence-corrected chi connectivity index (χ0v) is 18.3. The van der Waals surface area contributed by atoms with Gasteiger partial charge in [-0.05, 0) is 24.3 Å². The van der Waals surface area contributed by atoms with E-state index in [1.165, 1.54) is 29.6 Å². The number of halogens is 1. The number of aromatic nitrogens is 5. The predicted octanol–water partition coefficient (Wildman–Crippen LogP) is 2.83. The molecule has 5 aromatic rings. The van der Waals surface area contributed by atoms with Gasteiger partial charge in [-0.15, -0.1) is 0 Å². The highest BCUT2D eigenvalue weighted by atomic mass is 19.1. The van der Waals surface area contributed by atoms with E-state index in [2.05, 4.69) is 30.0 Å². The second-order valence-corrected chi connectivity index (χ2v) is 8.12. The standard InChI is InChI=1S/C24H18FN7O3/c25-17-6-5-15(22-29-13-35-30-22)20-19(17)16(11-26-20)21(33)24(34)32-9-7-31(8-10-32)23-14-3-1-2-4-18(14)27-12-28-23/h1-6,11-13,26H,7-10H2. The first-order chi connectivity index (χ1) is 17.1. The SMILES string of the molecule is O=C(C(=O)N1CCN(c2ncnc3ccccc23)CC1)c1c[nH]c2c(-c3ncon3)ccc(F)c12. The lowest BCUT2D eigenvalue weighted by atomic mass is 10.0. The highest BCUT2D eigenvalue weighted by Crippen LogP contribution is 2.31. The lowest BCUT2D eigenvalue weighted by Gasteiger charge is -2.35. The molecule has 0 atom stereocenters. The van der Waals surface area contributed by atoms with Crippen molar-refractivity contribution in [2.75, 3.05) is 31.1 Å². The van der Waals surface area contributed by atoms with E-state index >= 15 is 0 Å². The molecule has 10 nitrogen and oxygen atoms in total. The van der Waals surface area contributed by atoms with Gasteiger partial charge in [0.2, 0.25) is 12.2 Å². The van der Waals surface area contributed by atoms with E-state index in [0.29, 0.717) is 37.3 Å². The number of benzene rings is 2. The Bertz CT molecular complexity index is 1570. The molecule has 0 bridgehead atoms. The average molecular weight is 471 g/mol. The number of para-hydroxylation sites is 1. The topological polar surface area (TPSA) is 121 Å². The normalized spacial score (nSPS) is 14.1. The van der Waals surface area contributed by atoms with Crippen molar-refractivity contribution >= 4 is 39.3 Å². The summed E-state index contributed by atoms with van der Waals surface area (Å²) in [6, 6.07) is 10.4.